The fourth-order valence-electron chi connectivity index (χ4n) is 4.38. The van der Waals surface area contributed by atoms with Crippen LogP contribution in [0.5, 0.6) is 5.75 Å². The van der Waals surface area contributed by atoms with Crippen molar-refractivity contribution in [1.82, 2.24) is 14.6 Å². The summed E-state index contributed by atoms with van der Waals surface area (Å²) in [4.78, 5) is 29.0. The molecule has 0 amide bonds. The van der Waals surface area contributed by atoms with Crippen LogP contribution in [0.1, 0.15) is 58.7 Å². The number of ether oxygens (including phenoxy) is 2. The largest absolute Gasteiger partial charge is 0.489 e. The number of aromatic nitrogens is 3. The van der Waals surface area contributed by atoms with E-state index in [4.69, 9.17) is 19.6 Å². The highest BCUT2D eigenvalue weighted by atomic mass is 16.5. The van der Waals surface area contributed by atoms with Gasteiger partial charge in [0.25, 0.3) is 0 Å². The fourth-order valence-corrected chi connectivity index (χ4v) is 4.38. The maximum atomic E-state index is 12.6. The SMILES string of the molecule is C=C(CC)C(=CC=C(C)C(=O)OC)COc1ccc(-c2cccc3nc(C(C)C(C)C(=O)C4CC4)nn23)cc1. The highest BCUT2D eigenvalue weighted by molar-refractivity contribution is 5.88. The number of carbonyl (C=O) groups is 2. The monoisotopic (exact) mass is 527 g/mol. The van der Waals surface area contributed by atoms with Gasteiger partial charge in [-0.25, -0.2) is 14.3 Å². The van der Waals surface area contributed by atoms with Crippen molar-refractivity contribution in [2.24, 2.45) is 11.8 Å². The Morgan fingerprint density at radius 2 is 1.85 bits per heavy atom. The van der Waals surface area contributed by atoms with E-state index >= 15 is 0 Å². The van der Waals surface area contributed by atoms with E-state index in [1.807, 2.05) is 73.8 Å². The van der Waals surface area contributed by atoms with Crippen LogP contribution in [0.15, 0.2) is 77.9 Å². The van der Waals surface area contributed by atoms with Crippen molar-refractivity contribution in [3.05, 3.63) is 83.7 Å². The molecule has 1 fully saturated rings. The number of fused-ring (bicyclic) bond motifs is 1. The number of methoxy groups -OCH3 is 1. The first-order chi connectivity index (χ1) is 18.7. The molecule has 0 N–H and O–H groups in total. The van der Waals surface area contributed by atoms with Crippen molar-refractivity contribution in [2.45, 2.75) is 52.9 Å². The van der Waals surface area contributed by atoms with Crippen LogP contribution in [0.4, 0.5) is 0 Å². The molecule has 1 aromatic carbocycles. The lowest BCUT2D eigenvalue weighted by Gasteiger charge is -2.15. The Morgan fingerprint density at radius 1 is 1.13 bits per heavy atom. The second kappa shape index (κ2) is 12.2. The summed E-state index contributed by atoms with van der Waals surface area (Å²) in [6.07, 6.45) is 6.38. The van der Waals surface area contributed by atoms with Gasteiger partial charge in [0.1, 0.15) is 18.1 Å². The summed E-state index contributed by atoms with van der Waals surface area (Å²) in [6.45, 7) is 12.2. The summed E-state index contributed by atoms with van der Waals surface area (Å²) in [5.74, 6) is 1.44. The van der Waals surface area contributed by atoms with Gasteiger partial charge in [0.05, 0.1) is 12.8 Å². The second-order valence-corrected chi connectivity index (χ2v) is 10.2. The number of pyridine rings is 1. The second-order valence-electron chi connectivity index (χ2n) is 10.2. The summed E-state index contributed by atoms with van der Waals surface area (Å²) in [5, 5.41) is 4.80. The van der Waals surface area contributed by atoms with E-state index in [9.17, 15) is 9.59 Å². The van der Waals surface area contributed by atoms with Crippen LogP contribution in [-0.2, 0) is 14.3 Å². The van der Waals surface area contributed by atoms with E-state index in [-0.39, 0.29) is 23.7 Å². The van der Waals surface area contributed by atoms with Gasteiger partial charge in [-0.1, -0.05) is 45.6 Å². The van der Waals surface area contributed by atoms with Crippen molar-refractivity contribution in [3.8, 4) is 17.0 Å². The first-order valence-electron chi connectivity index (χ1n) is 13.5. The zero-order valence-corrected chi connectivity index (χ0v) is 23.4. The molecule has 0 spiro atoms. The van der Waals surface area contributed by atoms with Crippen molar-refractivity contribution in [2.75, 3.05) is 13.7 Å². The minimum atomic E-state index is -0.366. The van der Waals surface area contributed by atoms with Gasteiger partial charge in [0.2, 0.25) is 0 Å². The average molecular weight is 528 g/mol. The Morgan fingerprint density at radius 3 is 2.49 bits per heavy atom. The predicted molar refractivity (Wildman–Crippen MR) is 153 cm³/mol. The normalized spacial score (nSPS) is 15.6. The smallest absolute Gasteiger partial charge is 0.333 e. The molecule has 4 rings (SSSR count). The van der Waals surface area contributed by atoms with Crippen LogP contribution in [0.25, 0.3) is 16.9 Å². The first-order valence-corrected chi connectivity index (χ1v) is 13.5. The van der Waals surface area contributed by atoms with Gasteiger partial charge in [-0.05, 0) is 73.7 Å². The lowest BCUT2D eigenvalue weighted by Crippen LogP contribution is -2.20. The van der Waals surface area contributed by atoms with E-state index < -0.39 is 0 Å². The predicted octanol–water partition coefficient (Wildman–Crippen LogP) is 6.51. The van der Waals surface area contributed by atoms with E-state index in [2.05, 4.69) is 6.58 Å². The first kappa shape index (κ1) is 28.0. The van der Waals surface area contributed by atoms with Gasteiger partial charge >= 0.3 is 5.97 Å². The van der Waals surface area contributed by atoms with Gasteiger partial charge < -0.3 is 9.47 Å². The molecule has 7 heteroatoms. The molecule has 0 saturated heterocycles. The van der Waals surface area contributed by atoms with E-state index in [0.717, 1.165) is 53.1 Å². The molecule has 0 radical (unpaired) electrons. The molecule has 1 aliphatic carbocycles. The molecule has 2 atom stereocenters. The molecule has 39 heavy (non-hydrogen) atoms. The zero-order valence-electron chi connectivity index (χ0n) is 23.4. The summed E-state index contributed by atoms with van der Waals surface area (Å²) >= 11 is 0. The molecule has 1 aliphatic rings. The lowest BCUT2D eigenvalue weighted by atomic mass is 9.89. The number of hydrogen-bond donors (Lipinski definition) is 0. The molecule has 3 aromatic rings. The molecule has 0 bridgehead atoms. The molecule has 2 aromatic heterocycles. The van der Waals surface area contributed by atoms with Crippen molar-refractivity contribution >= 4 is 17.4 Å². The number of ketones is 1. The van der Waals surface area contributed by atoms with Crippen molar-refractivity contribution in [3.63, 3.8) is 0 Å². The number of Topliss-reactive ketones (excluding diaryl/α,β-unsaturated/α-hetero) is 1. The number of benzene rings is 1. The Balaban J connectivity index is 1.50. The Hall–Kier alpha value is -4.00. The lowest BCUT2D eigenvalue weighted by molar-refractivity contribution is -0.136. The number of rotatable bonds is 12. The molecule has 7 nitrogen and oxygen atoms in total. The van der Waals surface area contributed by atoms with Crippen LogP contribution in [0.3, 0.4) is 0 Å². The third-order valence-corrected chi connectivity index (χ3v) is 7.43. The maximum Gasteiger partial charge on any atom is 0.333 e. The number of esters is 1. The van der Waals surface area contributed by atoms with Gasteiger partial charge in [0.15, 0.2) is 11.5 Å². The van der Waals surface area contributed by atoms with Crippen molar-refractivity contribution < 1.29 is 19.1 Å². The maximum absolute atomic E-state index is 12.6. The molecule has 0 aliphatic heterocycles. The number of hydrogen-bond acceptors (Lipinski definition) is 6. The highest BCUT2D eigenvalue weighted by Gasteiger charge is 2.36. The summed E-state index contributed by atoms with van der Waals surface area (Å²) < 4.78 is 12.7. The molecular formula is C32H37N3O4. The standard InChI is InChI=1S/C32H37N3O4/c1-7-20(2)26(12-11-21(3)32(37)38-6)19-39-27-17-15-24(16-18-27)28-9-8-10-29-33-31(34-35(28)29)23(5)22(4)30(36)25-13-14-25/h8-12,15-18,22-23,25H,2,7,13-14,19H2,1,3-6H3. The average Bonchev–Trinajstić information content (AvgIpc) is 3.72. The summed E-state index contributed by atoms with van der Waals surface area (Å²) in [7, 11) is 1.36. The van der Waals surface area contributed by atoms with Crippen LogP contribution in [0.2, 0.25) is 0 Å². The van der Waals surface area contributed by atoms with E-state index in [1.165, 1.54) is 7.11 Å². The minimum Gasteiger partial charge on any atom is -0.489 e. The van der Waals surface area contributed by atoms with E-state index in [1.54, 1.807) is 13.0 Å². The topological polar surface area (TPSA) is 82.8 Å². The Labute approximate surface area is 230 Å². The van der Waals surface area contributed by atoms with Gasteiger partial charge in [-0.2, -0.15) is 5.10 Å². The van der Waals surface area contributed by atoms with E-state index in [0.29, 0.717) is 23.8 Å². The highest BCUT2D eigenvalue weighted by Crippen LogP contribution is 2.36. The minimum absolute atomic E-state index is 0.0481. The van der Waals surface area contributed by atoms with Gasteiger partial charge in [-0.3, -0.25) is 4.79 Å². The molecular weight excluding hydrogens is 490 g/mol. The zero-order chi connectivity index (χ0) is 28.1. The van der Waals surface area contributed by atoms with Crippen LogP contribution in [-0.4, -0.2) is 40.1 Å². The summed E-state index contributed by atoms with van der Waals surface area (Å²) in [6, 6.07) is 13.7. The molecule has 2 heterocycles. The quantitative estimate of drug-likeness (QED) is 0.152. The number of nitrogens with zero attached hydrogens (tertiary/aromatic N) is 3. The van der Waals surface area contributed by atoms with Crippen LogP contribution >= 0.6 is 0 Å². The Bertz CT molecular complexity index is 1430. The molecule has 204 valence electrons. The van der Waals surface area contributed by atoms with Crippen LogP contribution in [0, 0.1) is 11.8 Å². The summed E-state index contributed by atoms with van der Waals surface area (Å²) in [5.41, 5.74) is 5.00. The fraction of sp³-hybridized carbons (Fsp3) is 0.375. The Kier molecular flexibility index (Phi) is 8.79. The van der Waals surface area contributed by atoms with Gasteiger partial charge in [0, 0.05) is 28.9 Å². The molecule has 1 saturated carbocycles. The number of allylic oxidation sites excluding steroid dienone is 2. The molecule has 2 unspecified atom stereocenters. The number of carbonyl (C=O) groups excluding carboxylic acids is 2. The third-order valence-electron chi connectivity index (χ3n) is 7.43. The third kappa shape index (κ3) is 6.53. The van der Waals surface area contributed by atoms with Crippen molar-refractivity contribution in [1.29, 1.82) is 0 Å². The van der Waals surface area contributed by atoms with Gasteiger partial charge in [-0.15, -0.1) is 0 Å². The van der Waals surface area contributed by atoms with Crippen LogP contribution < -0.4 is 4.74 Å².